The van der Waals surface area contributed by atoms with E-state index in [2.05, 4.69) is 10.9 Å². The standard InChI is InChI=1S/C29H27ClN2O5S2/c1-7-12-36-26-21(30)13-18(14-22(26)35-5)15-23-27(33)32-25(19-8-10-20(38-6)11-9-19)24(28(34)37-16(2)3)17(4)31-29(32)39-23/h1,8-11,13-16,25H,12H2,2-6H3/b23-15-/t25-/m0/s1. The number of fused-ring (bicyclic) bond motifs is 1. The number of terminal acetylenes is 1. The summed E-state index contributed by atoms with van der Waals surface area (Å²) in [6.07, 6.45) is 8.68. The van der Waals surface area contributed by atoms with E-state index in [1.165, 1.54) is 18.4 Å². The fourth-order valence-electron chi connectivity index (χ4n) is 4.19. The van der Waals surface area contributed by atoms with E-state index in [9.17, 15) is 9.59 Å². The van der Waals surface area contributed by atoms with Crippen LogP contribution in [0.15, 0.2) is 62.4 Å². The Kier molecular flexibility index (Phi) is 8.90. The molecule has 39 heavy (non-hydrogen) atoms. The van der Waals surface area contributed by atoms with Gasteiger partial charge in [0.05, 0.1) is 40.1 Å². The van der Waals surface area contributed by atoms with Crippen LogP contribution < -0.4 is 24.4 Å². The molecule has 0 saturated heterocycles. The fraction of sp³-hybridized carbons (Fsp3) is 0.276. The highest BCUT2D eigenvalue weighted by Crippen LogP contribution is 2.37. The summed E-state index contributed by atoms with van der Waals surface area (Å²) in [5, 5.41) is 0.296. The van der Waals surface area contributed by atoms with E-state index in [4.69, 9.17) is 32.2 Å². The maximum absolute atomic E-state index is 13.9. The summed E-state index contributed by atoms with van der Waals surface area (Å²) < 4.78 is 18.5. The molecule has 0 N–H and O–H groups in total. The first-order valence-corrected chi connectivity index (χ1v) is 14.4. The van der Waals surface area contributed by atoms with Crippen LogP contribution in [0.5, 0.6) is 11.5 Å². The third kappa shape index (κ3) is 5.93. The molecular weight excluding hydrogens is 556 g/mol. The van der Waals surface area contributed by atoms with Crippen molar-refractivity contribution in [3.63, 3.8) is 0 Å². The Morgan fingerprint density at radius 2 is 2.03 bits per heavy atom. The molecule has 1 aliphatic rings. The molecule has 10 heteroatoms. The van der Waals surface area contributed by atoms with Crippen molar-refractivity contribution < 1.29 is 19.0 Å². The second-order valence-corrected chi connectivity index (χ2v) is 11.1. The smallest absolute Gasteiger partial charge is 0.338 e. The summed E-state index contributed by atoms with van der Waals surface area (Å²) in [6.45, 7) is 5.37. The molecule has 1 atom stereocenters. The first-order valence-electron chi connectivity index (χ1n) is 12.0. The van der Waals surface area contributed by atoms with Gasteiger partial charge in [-0.15, -0.1) is 18.2 Å². The molecule has 0 unspecified atom stereocenters. The minimum atomic E-state index is -0.691. The predicted molar refractivity (Wildman–Crippen MR) is 156 cm³/mol. The molecule has 0 spiro atoms. The fourth-order valence-corrected chi connectivity index (χ4v) is 5.92. The molecule has 2 heterocycles. The van der Waals surface area contributed by atoms with Gasteiger partial charge < -0.3 is 14.2 Å². The van der Waals surface area contributed by atoms with Crippen LogP contribution in [0.2, 0.25) is 5.02 Å². The van der Waals surface area contributed by atoms with Crippen molar-refractivity contribution in [2.24, 2.45) is 4.99 Å². The van der Waals surface area contributed by atoms with Crippen molar-refractivity contribution >= 4 is 46.7 Å². The number of ether oxygens (including phenoxy) is 3. The molecule has 202 valence electrons. The number of hydrogen-bond acceptors (Lipinski definition) is 8. The number of esters is 1. The Morgan fingerprint density at radius 3 is 2.64 bits per heavy atom. The first kappa shape index (κ1) is 28.6. The Hall–Kier alpha value is -3.45. The zero-order chi connectivity index (χ0) is 28.3. The van der Waals surface area contributed by atoms with Crippen LogP contribution in [0, 0.1) is 12.3 Å². The summed E-state index contributed by atoms with van der Waals surface area (Å²) in [7, 11) is 1.49. The highest BCUT2D eigenvalue weighted by molar-refractivity contribution is 7.98. The molecule has 0 amide bonds. The van der Waals surface area contributed by atoms with Crippen LogP contribution in [0.4, 0.5) is 0 Å². The van der Waals surface area contributed by atoms with Crippen molar-refractivity contribution in [3.05, 3.63) is 83.5 Å². The molecule has 3 aromatic rings. The molecule has 0 bridgehead atoms. The zero-order valence-corrected chi connectivity index (χ0v) is 24.5. The number of benzene rings is 2. The highest BCUT2D eigenvalue weighted by atomic mass is 35.5. The third-order valence-corrected chi connectivity index (χ3v) is 7.87. The number of aromatic nitrogens is 1. The van der Waals surface area contributed by atoms with Crippen LogP contribution in [-0.2, 0) is 9.53 Å². The number of thiazole rings is 1. The van der Waals surface area contributed by atoms with Gasteiger partial charge in [0.15, 0.2) is 16.3 Å². The number of carbonyl (C=O) groups is 1. The number of rotatable bonds is 8. The third-order valence-electron chi connectivity index (χ3n) is 5.87. The maximum Gasteiger partial charge on any atom is 0.338 e. The summed E-state index contributed by atoms with van der Waals surface area (Å²) >= 11 is 9.28. The molecule has 2 aromatic carbocycles. The van der Waals surface area contributed by atoms with Gasteiger partial charge >= 0.3 is 5.97 Å². The molecule has 1 aliphatic heterocycles. The monoisotopic (exact) mass is 582 g/mol. The van der Waals surface area contributed by atoms with E-state index in [0.29, 0.717) is 42.7 Å². The van der Waals surface area contributed by atoms with Gasteiger partial charge in [0.25, 0.3) is 5.56 Å². The van der Waals surface area contributed by atoms with E-state index < -0.39 is 12.0 Å². The average Bonchev–Trinajstić information content (AvgIpc) is 3.20. The van der Waals surface area contributed by atoms with E-state index in [1.807, 2.05) is 30.5 Å². The van der Waals surface area contributed by atoms with Gasteiger partial charge in [-0.3, -0.25) is 9.36 Å². The van der Waals surface area contributed by atoms with Gasteiger partial charge in [-0.1, -0.05) is 41.0 Å². The number of carbonyl (C=O) groups excluding carboxylic acids is 1. The van der Waals surface area contributed by atoms with Crippen LogP contribution in [0.3, 0.4) is 0 Å². The highest BCUT2D eigenvalue weighted by Gasteiger charge is 2.33. The number of nitrogens with zero attached hydrogens (tertiary/aromatic N) is 2. The topological polar surface area (TPSA) is 79.1 Å². The van der Waals surface area contributed by atoms with Gasteiger partial charge in [-0.2, -0.15) is 0 Å². The Bertz CT molecular complexity index is 1660. The Balaban J connectivity index is 1.90. The van der Waals surface area contributed by atoms with Gasteiger partial charge in [0, 0.05) is 4.90 Å². The number of halogens is 1. The molecule has 0 fully saturated rings. The number of thioether (sulfide) groups is 1. The van der Waals surface area contributed by atoms with Crippen LogP contribution in [-0.4, -0.2) is 36.6 Å². The summed E-state index contributed by atoms with van der Waals surface area (Å²) in [6, 6.07) is 10.5. The minimum absolute atomic E-state index is 0.0346. The lowest BCUT2D eigenvalue weighted by Crippen LogP contribution is -2.40. The molecule has 0 saturated carbocycles. The zero-order valence-electron chi connectivity index (χ0n) is 22.1. The summed E-state index contributed by atoms with van der Waals surface area (Å²) in [5.41, 5.74) is 1.96. The number of methoxy groups -OCH3 is 1. The lowest BCUT2D eigenvalue weighted by molar-refractivity contribution is -0.143. The molecule has 1 aromatic heterocycles. The van der Waals surface area contributed by atoms with Crippen molar-refractivity contribution in [1.82, 2.24) is 4.57 Å². The Morgan fingerprint density at radius 1 is 1.31 bits per heavy atom. The SMILES string of the molecule is C#CCOc1c(Cl)cc(/C=c2\sc3n(c2=O)[C@@H](c2ccc(SC)cc2)C(C(=O)OC(C)C)=C(C)N=3)cc1OC. The van der Waals surface area contributed by atoms with Crippen molar-refractivity contribution in [2.75, 3.05) is 20.0 Å². The van der Waals surface area contributed by atoms with E-state index >= 15 is 0 Å². The summed E-state index contributed by atoms with van der Waals surface area (Å²) in [5.74, 6) is 2.61. The van der Waals surface area contributed by atoms with Gasteiger partial charge in [0.1, 0.15) is 6.61 Å². The quantitative estimate of drug-likeness (QED) is 0.220. The molecule has 7 nitrogen and oxygen atoms in total. The van der Waals surface area contributed by atoms with Gasteiger partial charge in [-0.05, 0) is 68.5 Å². The molecular formula is C29H27ClN2O5S2. The molecule has 0 aliphatic carbocycles. The van der Waals surface area contributed by atoms with Gasteiger partial charge in [-0.25, -0.2) is 9.79 Å². The van der Waals surface area contributed by atoms with E-state index in [0.717, 1.165) is 10.5 Å². The molecule has 0 radical (unpaired) electrons. The van der Waals surface area contributed by atoms with E-state index in [-0.39, 0.29) is 18.3 Å². The van der Waals surface area contributed by atoms with E-state index in [1.54, 1.807) is 55.3 Å². The van der Waals surface area contributed by atoms with Crippen molar-refractivity contribution in [3.8, 4) is 23.8 Å². The lowest BCUT2D eigenvalue weighted by Gasteiger charge is -2.25. The van der Waals surface area contributed by atoms with Crippen molar-refractivity contribution in [1.29, 1.82) is 0 Å². The predicted octanol–water partition coefficient (Wildman–Crippen LogP) is 4.58. The number of allylic oxidation sites excluding steroid dienone is 1. The first-order chi connectivity index (χ1) is 18.7. The second-order valence-electron chi connectivity index (χ2n) is 8.84. The van der Waals surface area contributed by atoms with Crippen molar-refractivity contribution in [2.45, 2.75) is 37.8 Å². The number of hydrogen-bond donors (Lipinski definition) is 0. The average molecular weight is 583 g/mol. The molecule has 4 rings (SSSR count). The normalized spacial score (nSPS) is 15.0. The Labute approximate surface area is 239 Å². The van der Waals surface area contributed by atoms with Crippen LogP contribution in [0.25, 0.3) is 6.08 Å². The maximum atomic E-state index is 13.9. The second kappa shape index (κ2) is 12.2. The van der Waals surface area contributed by atoms with Gasteiger partial charge in [0.2, 0.25) is 0 Å². The summed E-state index contributed by atoms with van der Waals surface area (Å²) in [4.78, 5) is 33.3. The minimum Gasteiger partial charge on any atom is -0.493 e. The van der Waals surface area contributed by atoms with Crippen LogP contribution >= 0.6 is 34.7 Å². The van der Waals surface area contributed by atoms with Crippen LogP contribution in [0.1, 0.15) is 37.9 Å². The lowest BCUT2D eigenvalue weighted by atomic mass is 9.96. The largest absolute Gasteiger partial charge is 0.493 e.